The van der Waals surface area contributed by atoms with E-state index in [0.29, 0.717) is 0 Å². The molecule has 2 rings (SSSR count). The van der Waals surface area contributed by atoms with Crippen LogP contribution in [-0.2, 0) is 6.42 Å². The van der Waals surface area contributed by atoms with Crippen LogP contribution in [0.3, 0.4) is 0 Å². The van der Waals surface area contributed by atoms with Crippen LogP contribution in [0, 0.1) is 6.92 Å². The maximum atomic E-state index is 5.94. The third-order valence-corrected chi connectivity index (χ3v) is 2.61. The number of hydrogen-bond acceptors (Lipinski definition) is 3. The first-order valence-electron chi connectivity index (χ1n) is 5.03. The fraction of sp³-hybridized carbons (Fsp3) is 0.250. The highest BCUT2D eigenvalue weighted by Gasteiger charge is 2.11. The molecule has 3 nitrogen and oxygen atoms in total. The van der Waals surface area contributed by atoms with Crippen molar-refractivity contribution in [3.8, 4) is 11.1 Å². The van der Waals surface area contributed by atoms with Crippen LogP contribution in [0.4, 0.5) is 5.69 Å². The molecule has 16 heavy (non-hydrogen) atoms. The van der Waals surface area contributed by atoms with E-state index in [2.05, 4.69) is 18.1 Å². The van der Waals surface area contributed by atoms with E-state index in [-0.39, 0.29) is 12.4 Å². The van der Waals surface area contributed by atoms with Crippen LogP contribution >= 0.6 is 12.4 Å². The molecule has 1 aromatic heterocycles. The van der Waals surface area contributed by atoms with E-state index in [0.717, 1.165) is 34.6 Å². The minimum atomic E-state index is 0. The molecular weight excluding hydrogens is 224 g/mol. The van der Waals surface area contributed by atoms with E-state index < -0.39 is 0 Å². The second kappa shape index (κ2) is 5.03. The molecule has 2 N–H and O–H groups in total. The van der Waals surface area contributed by atoms with Crippen LogP contribution in [-0.4, -0.2) is 5.16 Å². The smallest absolute Gasteiger partial charge is 0.141 e. The van der Waals surface area contributed by atoms with Crippen molar-refractivity contribution in [3.63, 3.8) is 0 Å². The first-order chi connectivity index (χ1) is 7.24. The zero-order chi connectivity index (χ0) is 10.8. The number of halogens is 1. The maximum Gasteiger partial charge on any atom is 0.141 e. The molecule has 1 aromatic carbocycles. The summed E-state index contributed by atoms with van der Waals surface area (Å²) < 4.78 is 5.07. The molecule has 86 valence electrons. The Kier molecular flexibility index (Phi) is 3.96. The van der Waals surface area contributed by atoms with Gasteiger partial charge in [-0.15, -0.1) is 12.4 Å². The molecule has 0 fully saturated rings. The van der Waals surface area contributed by atoms with Gasteiger partial charge in [-0.2, -0.15) is 0 Å². The van der Waals surface area contributed by atoms with Crippen molar-refractivity contribution < 1.29 is 4.52 Å². The third-order valence-electron chi connectivity index (χ3n) is 2.61. The van der Waals surface area contributed by atoms with Gasteiger partial charge >= 0.3 is 0 Å². The summed E-state index contributed by atoms with van der Waals surface area (Å²) in [5.74, 6) is 0.829. The summed E-state index contributed by atoms with van der Waals surface area (Å²) in [5.41, 5.74) is 10.1. The lowest BCUT2D eigenvalue weighted by molar-refractivity contribution is 0.398. The Morgan fingerprint density at radius 2 is 2.06 bits per heavy atom. The first-order valence-corrected chi connectivity index (χ1v) is 5.03. The summed E-state index contributed by atoms with van der Waals surface area (Å²) in [6.07, 6.45) is 2.65. The molecule has 0 radical (unpaired) electrons. The first kappa shape index (κ1) is 12.6. The van der Waals surface area contributed by atoms with Gasteiger partial charge < -0.3 is 10.3 Å². The van der Waals surface area contributed by atoms with E-state index in [9.17, 15) is 0 Å². The number of hydrogen-bond donors (Lipinski definition) is 1. The Hall–Kier alpha value is -1.48. The topological polar surface area (TPSA) is 52.0 Å². The lowest BCUT2D eigenvalue weighted by Gasteiger charge is -2.08. The molecule has 0 saturated heterocycles. The summed E-state index contributed by atoms with van der Waals surface area (Å²) >= 11 is 0. The van der Waals surface area contributed by atoms with Crippen LogP contribution in [0.1, 0.15) is 18.2 Å². The summed E-state index contributed by atoms with van der Waals surface area (Å²) in [5, 5.41) is 3.79. The standard InChI is InChI=1S/C12H14N2O.ClH/c1-3-9-10(5-4-6-12(9)13)11-7-14-15-8(11)2;/h4-7H,3,13H2,1-2H3;1H. The van der Waals surface area contributed by atoms with Crippen molar-refractivity contribution in [1.82, 2.24) is 5.16 Å². The fourth-order valence-electron chi connectivity index (χ4n) is 1.81. The Balaban J connectivity index is 0.00000128. The van der Waals surface area contributed by atoms with Crippen molar-refractivity contribution in [3.05, 3.63) is 35.7 Å². The van der Waals surface area contributed by atoms with E-state index in [1.54, 1.807) is 6.20 Å². The molecule has 0 amide bonds. The van der Waals surface area contributed by atoms with Gasteiger partial charge in [-0.25, -0.2) is 0 Å². The Morgan fingerprint density at radius 3 is 2.62 bits per heavy atom. The SMILES string of the molecule is CCc1c(N)cccc1-c1cnoc1C.Cl. The summed E-state index contributed by atoms with van der Waals surface area (Å²) in [6.45, 7) is 4.00. The van der Waals surface area contributed by atoms with Crippen LogP contribution < -0.4 is 5.73 Å². The highest BCUT2D eigenvalue weighted by atomic mass is 35.5. The van der Waals surface area contributed by atoms with Crippen molar-refractivity contribution in [2.24, 2.45) is 0 Å². The molecule has 0 unspecified atom stereocenters. The van der Waals surface area contributed by atoms with Gasteiger partial charge in [0.1, 0.15) is 5.76 Å². The van der Waals surface area contributed by atoms with Crippen molar-refractivity contribution in [2.45, 2.75) is 20.3 Å². The molecule has 2 aromatic rings. The van der Waals surface area contributed by atoms with E-state index >= 15 is 0 Å². The number of anilines is 1. The molecule has 0 atom stereocenters. The number of benzene rings is 1. The van der Waals surface area contributed by atoms with Gasteiger partial charge in [0.05, 0.1) is 6.20 Å². The lowest BCUT2D eigenvalue weighted by atomic mass is 9.97. The molecular formula is C12H15ClN2O. The normalized spacial score (nSPS) is 9.88. The summed E-state index contributed by atoms with van der Waals surface area (Å²) in [6, 6.07) is 5.93. The van der Waals surface area contributed by atoms with Crippen LogP contribution in [0.2, 0.25) is 0 Å². The number of nitrogens with two attached hydrogens (primary N) is 1. The zero-order valence-corrected chi connectivity index (χ0v) is 10.2. The van der Waals surface area contributed by atoms with Gasteiger partial charge in [0.15, 0.2) is 0 Å². The van der Waals surface area contributed by atoms with Gasteiger partial charge in [0.2, 0.25) is 0 Å². The predicted octanol–water partition coefficient (Wildman–Crippen LogP) is 3.22. The maximum absolute atomic E-state index is 5.94. The molecule has 0 aliphatic carbocycles. The molecule has 0 bridgehead atoms. The predicted molar refractivity (Wildman–Crippen MR) is 67.7 cm³/mol. The van der Waals surface area contributed by atoms with Gasteiger partial charge in [-0.1, -0.05) is 24.2 Å². The van der Waals surface area contributed by atoms with E-state index in [1.807, 2.05) is 19.1 Å². The van der Waals surface area contributed by atoms with Gasteiger partial charge in [-0.3, -0.25) is 0 Å². The molecule has 1 heterocycles. The quantitative estimate of drug-likeness (QED) is 0.818. The number of rotatable bonds is 2. The summed E-state index contributed by atoms with van der Waals surface area (Å²) in [4.78, 5) is 0. The third kappa shape index (κ3) is 2.04. The zero-order valence-electron chi connectivity index (χ0n) is 9.36. The fourth-order valence-corrected chi connectivity index (χ4v) is 1.81. The van der Waals surface area contributed by atoms with Crippen molar-refractivity contribution in [1.29, 1.82) is 0 Å². The van der Waals surface area contributed by atoms with E-state index in [1.165, 1.54) is 0 Å². The molecule has 0 aliphatic rings. The lowest BCUT2D eigenvalue weighted by Crippen LogP contribution is -1.95. The number of nitrogen functional groups attached to an aromatic ring is 1. The second-order valence-corrected chi connectivity index (χ2v) is 3.52. The number of aryl methyl sites for hydroxylation is 1. The summed E-state index contributed by atoms with van der Waals surface area (Å²) in [7, 11) is 0. The minimum absolute atomic E-state index is 0. The minimum Gasteiger partial charge on any atom is -0.398 e. The van der Waals surface area contributed by atoms with Crippen LogP contribution in [0.15, 0.2) is 28.9 Å². The molecule has 0 aliphatic heterocycles. The average molecular weight is 239 g/mol. The average Bonchev–Trinajstić information content (AvgIpc) is 2.64. The monoisotopic (exact) mass is 238 g/mol. The Bertz CT molecular complexity index is 480. The molecule has 4 heteroatoms. The Morgan fingerprint density at radius 1 is 1.31 bits per heavy atom. The van der Waals surface area contributed by atoms with Crippen molar-refractivity contribution in [2.75, 3.05) is 5.73 Å². The second-order valence-electron chi connectivity index (χ2n) is 3.52. The highest BCUT2D eigenvalue weighted by molar-refractivity contribution is 5.85. The van der Waals surface area contributed by atoms with Crippen LogP contribution in [0.25, 0.3) is 11.1 Å². The van der Waals surface area contributed by atoms with Gasteiger partial charge in [0, 0.05) is 11.3 Å². The highest BCUT2D eigenvalue weighted by Crippen LogP contribution is 2.30. The Labute approximate surface area is 101 Å². The largest absolute Gasteiger partial charge is 0.398 e. The van der Waals surface area contributed by atoms with Gasteiger partial charge in [-0.05, 0) is 30.5 Å². The van der Waals surface area contributed by atoms with Crippen molar-refractivity contribution >= 4 is 18.1 Å². The molecule has 0 saturated carbocycles. The van der Waals surface area contributed by atoms with E-state index in [4.69, 9.17) is 10.3 Å². The number of nitrogens with zero attached hydrogens (tertiary/aromatic N) is 1. The number of aromatic nitrogens is 1. The molecule has 0 spiro atoms. The van der Waals surface area contributed by atoms with Gasteiger partial charge in [0.25, 0.3) is 0 Å². The van der Waals surface area contributed by atoms with Crippen LogP contribution in [0.5, 0.6) is 0 Å².